The molecule has 0 radical (unpaired) electrons. The van der Waals surface area contributed by atoms with Gasteiger partial charge in [0.25, 0.3) is 0 Å². The average molecular weight is 380 g/mol. The molecule has 5 nitrogen and oxygen atoms in total. The van der Waals surface area contributed by atoms with E-state index < -0.39 is 6.10 Å². The van der Waals surface area contributed by atoms with Gasteiger partial charge in [-0.15, -0.1) is 0 Å². The van der Waals surface area contributed by atoms with Crippen molar-refractivity contribution in [3.63, 3.8) is 0 Å². The van der Waals surface area contributed by atoms with Gasteiger partial charge in [-0.2, -0.15) is 0 Å². The van der Waals surface area contributed by atoms with Crippen molar-refractivity contribution in [3.05, 3.63) is 59.2 Å². The van der Waals surface area contributed by atoms with E-state index in [9.17, 15) is 9.90 Å². The lowest BCUT2D eigenvalue weighted by Crippen LogP contribution is -2.38. The van der Waals surface area contributed by atoms with Crippen molar-refractivity contribution in [2.24, 2.45) is 0 Å². The molecule has 2 aromatic rings. The highest BCUT2D eigenvalue weighted by Gasteiger charge is 2.46. The fourth-order valence-corrected chi connectivity index (χ4v) is 4.05. The zero-order valence-electron chi connectivity index (χ0n) is 16.7. The van der Waals surface area contributed by atoms with Crippen LogP contribution >= 0.6 is 0 Å². The number of nitrogens with one attached hydrogen (secondary N) is 2. The first kappa shape index (κ1) is 19.0. The maximum atomic E-state index is 12.5. The van der Waals surface area contributed by atoms with Crippen molar-refractivity contribution >= 4 is 11.6 Å². The Morgan fingerprint density at radius 2 is 1.89 bits per heavy atom. The summed E-state index contributed by atoms with van der Waals surface area (Å²) in [5, 5.41) is 17.4. The minimum atomic E-state index is -0.478. The number of ether oxygens (including phenoxy) is 1. The molecule has 148 valence electrons. The van der Waals surface area contributed by atoms with Gasteiger partial charge < -0.3 is 20.5 Å². The normalized spacial score (nSPS) is 22.6. The molecule has 5 heteroatoms. The smallest absolute Gasteiger partial charge is 0.228 e. The maximum Gasteiger partial charge on any atom is 0.228 e. The Balaban J connectivity index is 1.50. The molecule has 2 aliphatic rings. The number of hydrogen-bond donors (Lipinski definition) is 3. The van der Waals surface area contributed by atoms with Crippen LogP contribution in [0, 0.1) is 0 Å². The highest BCUT2D eigenvalue weighted by Crippen LogP contribution is 2.46. The summed E-state index contributed by atoms with van der Waals surface area (Å²) < 4.78 is 5.15. The Morgan fingerprint density at radius 3 is 2.54 bits per heavy atom. The molecule has 0 bridgehead atoms. The van der Waals surface area contributed by atoms with Crippen LogP contribution in [-0.2, 0) is 16.6 Å². The summed E-state index contributed by atoms with van der Waals surface area (Å²) >= 11 is 0. The van der Waals surface area contributed by atoms with Gasteiger partial charge in [0, 0.05) is 17.1 Å². The van der Waals surface area contributed by atoms with E-state index in [-0.39, 0.29) is 17.4 Å². The summed E-state index contributed by atoms with van der Waals surface area (Å²) in [6.07, 6.45) is 2.15. The number of fused-ring (bicyclic) bond motifs is 1. The number of hydrogen-bond acceptors (Lipinski definition) is 4. The number of rotatable bonds is 6. The van der Waals surface area contributed by atoms with Crippen molar-refractivity contribution in [1.82, 2.24) is 5.32 Å². The van der Waals surface area contributed by atoms with Crippen molar-refractivity contribution in [1.29, 1.82) is 0 Å². The molecule has 0 spiro atoms. The first-order valence-electron chi connectivity index (χ1n) is 9.90. The van der Waals surface area contributed by atoms with Gasteiger partial charge in [0.05, 0.1) is 25.7 Å². The van der Waals surface area contributed by atoms with Gasteiger partial charge in [0.2, 0.25) is 5.91 Å². The summed E-state index contributed by atoms with van der Waals surface area (Å²) in [7, 11) is 1.62. The summed E-state index contributed by atoms with van der Waals surface area (Å²) in [5.41, 5.74) is 3.63. The van der Waals surface area contributed by atoms with Gasteiger partial charge >= 0.3 is 0 Å². The lowest BCUT2D eigenvalue weighted by Gasteiger charge is -2.27. The molecule has 0 aliphatic heterocycles. The van der Waals surface area contributed by atoms with E-state index in [2.05, 4.69) is 24.5 Å². The van der Waals surface area contributed by atoms with Gasteiger partial charge in [-0.3, -0.25) is 4.79 Å². The van der Waals surface area contributed by atoms with Crippen LogP contribution in [0.3, 0.4) is 0 Å². The Hall–Kier alpha value is -2.37. The second-order valence-electron chi connectivity index (χ2n) is 8.46. The van der Waals surface area contributed by atoms with Crippen LogP contribution in [0.1, 0.15) is 49.4 Å². The number of carbonyl (C=O) groups is 1. The number of amides is 1. The number of methoxy groups -OCH3 is 1. The van der Waals surface area contributed by atoms with Gasteiger partial charge in [-0.1, -0.05) is 32.0 Å². The van der Waals surface area contributed by atoms with E-state index >= 15 is 0 Å². The summed E-state index contributed by atoms with van der Waals surface area (Å²) in [4.78, 5) is 12.5. The van der Waals surface area contributed by atoms with Gasteiger partial charge in [-0.25, -0.2) is 0 Å². The first-order valence-corrected chi connectivity index (χ1v) is 9.90. The molecular formula is C23H28N2O3. The van der Waals surface area contributed by atoms with Crippen molar-refractivity contribution in [2.45, 2.75) is 56.7 Å². The van der Waals surface area contributed by atoms with Gasteiger partial charge in [0.1, 0.15) is 5.75 Å². The molecule has 28 heavy (non-hydrogen) atoms. The van der Waals surface area contributed by atoms with Crippen LogP contribution in [0.5, 0.6) is 5.75 Å². The zero-order valence-corrected chi connectivity index (χ0v) is 16.7. The number of anilines is 1. The van der Waals surface area contributed by atoms with E-state index in [0.717, 1.165) is 41.0 Å². The molecule has 1 saturated carbocycles. The SMILES string of the molecule is COc1ccc(CC(=O)Nc2ccc3c(c2)[C@H](NC2CC2)[C@@H](O)C3(C)C)cc1. The third kappa shape index (κ3) is 3.64. The first-order chi connectivity index (χ1) is 13.4. The van der Waals surface area contributed by atoms with E-state index in [1.54, 1.807) is 7.11 Å². The summed E-state index contributed by atoms with van der Waals surface area (Å²) in [6.45, 7) is 4.15. The molecule has 2 atom stereocenters. The minimum absolute atomic E-state index is 0.0605. The second kappa shape index (κ2) is 7.22. The topological polar surface area (TPSA) is 70.6 Å². The molecule has 2 aliphatic carbocycles. The van der Waals surface area contributed by atoms with Gasteiger partial charge in [-0.05, 0) is 53.8 Å². The molecule has 2 aromatic carbocycles. The number of aliphatic hydroxyl groups is 1. The predicted molar refractivity (Wildman–Crippen MR) is 110 cm³/mol. The Morgan fingerprint density at radius 1 is 1.18 bits per heavy atom. The minimum Gasteiger partial charge on any atom is -0.497 e. The van der Waals surface area contributed by atoms with Gasteiger partial charge in [0.15, 0.2) is 0 Å². The molecule has 1 fully saturated rings. The van der Waals surface area contributed by atoms with Crippen LogP contribution < -0.4 is 15.4 Å². The van der Waals surface area contributed by atoms with E-state index in [0.29, 0.717) is 12.5 Å². The van der Waals surface area contributed by atoms with Crippen LogP contribution in [0.4, 0.5) is 5.69 Å². The summed E-state index contributed by atoms with van der Waals surface area (Å²) in [6, 6.07) is 13.9. The third-order valence-corrected chi connectivity index (χ3v) is 5.94. The van der Waals surface area contributed by atoms with Crippen molar-refractivity contribution in [2.75, 3.05) is 12.4 Å². The molecule has 0 saturated heterocycles. The zero-order chi connectivity index (χ0) is 19.9. The Labute approximate surface area is 166 Å². The number of benzene rings is 2. The standard InChI is InChI=1S/C23H28N2O3/c1-23(2)19-11-8-16(13-18(19)21(22(23)27)25-15-6-7-15)24-20(26)12-14-4-9-17(28-3)10-5-14/h4-5,8-11,13,15,21-22,25,27H,6-7,12H2,1-3H3,(H,24,26)/t21-,22+/m0/s1. The lowest BCUT2D eigenvalue weighted by molar-refractivity contribution is -0.115. The fraction of sp³-hybridized carbons (Fsp3) is 0.435. The molecule has 0 aromatic heterocycles. The van der Waals surface area contributed by atoms with Crippen LogP contribution in [-0.4, -0.2) is 30.3 Å². The van der Waals surface area contributed by atoms with Crippen molar-refractivity contribution in [3.8, 4) is 5.75 Å². The predicted octanol–water partition coefficient (Wildman–Crippen LogP) is 3.32. The van der Waals surface area contributed by atoms with Crippen LogP contribution in [0.2, 0.25) is 0 Å². The van der Waals surface area contributed by atoms with E-state index in [4.69, 9.17) is 4.74 Å². The van der Waals surface area contributed by atoms with Crippen LogP contribution in [0.25, 0.3) is 0 Å². The fourth-order valence-electron chi connectivity index (χ4n) is 4.05. The van der Waals surface area contributed by atoms with Crippen LogP contribution in [0.15, 0.2) is 42.5 Å². The molecule has 0 heterocycles. The maximum absolute atomic E-state index is 12.5. The second-order valence-corrected chi connectivity index (χ2v) is 8.46. The molecule has 0 unspecified atom stereocenters. The number of carbonyl (C=O) groups excluding carboxylic acids is 1. The average Bonchev–Trinajstić information content (AvgIpc) is 3.47. The van der Waals surface area contributed by atoms with Crippen molar-refractivity contribution < 1.29 is 14.6 Å². The Kier molecular flexibility index (Phi) is 4.89. The monoisotopic (exact) mass is 380 g/mol. The lowest BCUT2D eigenvalue weighted by atomic mass is 9.84. The largest absolute Gasteiger partial charge is 0.497 e. The highest BCUT2D eigenvalue weighted by molar-refractivity contribution is 5.92. The summed E-state index contributed by atoms with van der Waals surface area (Å²) in [5.74, 6) is 0.716. The Bertz CT molecular complexity index is 872. The molecular weight excluding hydrogens is 352 g/mol. The molecule has 1 amide bonds. The van der Waals surface area contributed by atoms with E-state index in [1.165, 1.54) is 0 Å². The highest BCUT2D eigenvalue weighted by atomic mass is 16.5. The quantitative estimate of drug-likeness (QED) is 0.719. The molecule has 4 rings (SSSR count). The number of aliphatic hydroxyl groups excluding tert-OH is 1. The molecule has 3 N–H and O–H groups in total. The third-order valence-electron chi connectivity index (χ3n) is 5.94. The van der Waals surface area contributed by atoms with E-state index in [1.807, 2.05) is 42.5 Å².